The summed E-state index contributed by atoms with van der Waals surface area (Å²) in [6.07, 6.45) is -3.51. The van der Waals surface area contributed by atoms with Gasteiger partial charge >= 0.3 is 6.18 Å². The Morgan fingerprint density at radius 3 is 2.74 bits per heavy atom. The van der Waals surface area contributed by atoms with E-state index >= 15 is 0 Å². The Morgan fingerprint density at radius 1 is 1.33 bits per heavy atom. The lowest BCUT2D eigenvalue weighted by molar-refractivity contribution is -0.143. The van der Waals surface area contributed by atoms with Crippen LogP contribution in [0.15, 0.2) is 33.7 Å². The monoisotopic (exact) mass is 496 g/mol. The van der Waals surface area contributed by atoms with Crippen LogP contribution in [0.2, 0.25) is 0 Å². The average Bonchev–Trinajstić information content (AvgIpc) is 3.14. The van der Waals surface area contributed by atoms with Gasteiger partial charge in [-0.3, -0.25) is 9.89 Å². The first kappa shape index (κ1) is 21.8. The summed E-state index contributed by atoms with van der Waals surface area (Å²) >= 11 is 0. The molecule has 0 bridgehead atoms. The fourth-order valence-corrected chi connectivity index (χ4v) is 3.29. The third-order valence-electron chi connectivity index (χ3n) is 4.60. The molecule has 1 saturated heterocycles. The van der Waals surface area contributed by atoms with E-state index in [-0.39, 0.29) is 30.0 Å². The summed E-state index contributed by atoms with van der Waals surface area (Å²) in [5.74, 6) is 1.38. The first-order valence-electron chi connectivity index (χ1n) is 8.59. The lowest BCUT2D eigenvalue weighted by Crippen LogP contribution is -2.44. The molecule has 9 heteroatoms. The number of alkyl halides is 3. The number of hydrogen-bond donors (Lipinski definition) is 2. The Hall–Kier alpha value is -1.49. The molecule has 1 unspecified atom stereocenters. The maximum Gasteiger partial charge on any atom is 0.401 e. The van der Waals surface area contributed by atoms with Gasteiger partial charge in [-0.15, -0.1) is 24.0 Å². The number of furan rings is 1. The number of benzene rings is 1. The number of aryl methyl sites for hydroxylation is 1. The molecule has 27 heavy (non-hydrogen) atoms. The van der Waals surface area contributed by atoms with Crippen LogP contribution >= 0.6 is 24.0 Å². The molecule has 0 saturated carbocycles. The molecule has 2 N–H and O–H groups in total. The van der Waals surface area contributed by atoms with Gasteiger partial charge in [0, 0.05) is 37.1 Å². The minimum absolute atomic E-state index is 0. The van der Waals surface area contributed by atoms with Crippen LogP contribution in [-0.2, 0) is 6.54 Å². The summed E-state index contributed by atoms with van der Waals surface area (Å²) in [5.41, 5.74) is 1.91. The molecule has 1 aromatic carbocycles. The summed E-state index contributed by atoms with van der Waals surface area (Å²) < 4.78 is 43.3. The standard InChI is InChI=1S/C18H23F3N4O.HI/c1-12-14-5-3-4-6-15(14)26-16(12)9-23-17(22-2)24-13-7-8-25(10-13)11-18(19,20)21;/h3-6,13H,7-11H2,1-2H3,(H2,22,23,24);1H. The van der Waals surface area contributed by atoms with Gasteiger partial charge in [0.15, 0.2) is 5.96 Å². The van der Waals surface area contributed by atoms with Crippen LogP contribution in [0, 0.1) is 6.92 Å². The largest absolute Gasteiger partial charge is 0.459 e. The van der Waals surface area contributed by atoms with Crippen LogP contribution < -0.4 is 10.6 Å². The number of rotatable bonds is 4. The highest BCUT2D eigenvalue weighted by Gasteiger charge is 2.34. The highest BCUT2D eigenvalue weighted by atomic mass is 127. The summed E-state index contributed by atoms with van der Waals surface area (Å²) in [4.78, 5) is 5.57. The number of nitrogens with zero attached hydrogens (tertiary/aromatic N) is 2. The Labute approximate surface area is 173 Å². The minimum Gasteiger partial charge on any atom is -0.459 e. The van der Waals surface area contributed by atoms with E-state index < -0.39 is 12.7 Å². The van der Waals surface area contributed by atoms with Crippen molar-refractivity contribution in [1.29, 1.82) is 0 Å². The lowest BCUT2D eigenvalue weighted by atomic mass is 10.1. The Balaban J connectivity index is 0.00000261. The number of para-hydroxylation sites is 1. The second-order valence-corrected chi connectivity index (χ2v) is 6.55. The second kappa shape index (κ2) is 9.13. The van der Waals surface area contributed by atoms with Gasteiger partial charge < -0.3 is 15.1 Å². The first-order chi connectivity index (χ1) is 12.4. The molecule has 1 aliphatic heterocycles. The Kier molecular flexibility index (Phi) is 7.38. The number of fused-ring (bicyclic) bond motifs is 1. The highest BCUT2D eigenvalue weighted by Crippen LogP contribution is 2.24. The number of nitrogens with one attached hydrogen (secondary N) is 2. The Bertz CT molecular complexity index is 790. The zero-order valence-corrected chi connectivity index (χ0v) is 17.6. The van der Waals surface area contributed by atoms with Gasteiger partial charge in [-0.1, -0.05) is 18.2 Å². The van der Waals surface area contributed by atoms with Crippen molar-refractivity contribution in [2.75, 3.05) is 26.7 Å². The van der Waals surface area contributed by atoms with Gasteiger partial charge in [-0.05, 0) is 19.4 Å². The zero-order chi connectivity index (χ0) is 18.7. The number of hydrogen-bond acceptors (Lipinski definition) is 3. The zero-order valence-electron chi connectivity index (χ0n) is 15.3. The summed E-state index contributed by atoms with van der Waals surface area (Å²) in [5, 5.41) is 7.45. The van der Waals surface area contributed by atoms with E-state index in [0.29, 0.717) is 32.0 Å². The fourth-order valence-electron chi connectivity index (χ4n) is 3.29. The highest BCUT2D eigenvalue weighted by molar-refractivity contribution is 14.0. The molecule has 0 aliphatic carbocycles. The van der Waals surface area contributed by atoms with Crippen molar-refractivity contribution in [1.82, 2.24) is 15.5 Å². The van der Waals surface area contributed by atoms with Crippen LogP contribution in [0.25, 0.3) is 11.0 Å². The number of aliphatic imine (C=N–C) groups is 1. The quantitative estimate of drug-likeness (QED) is 0.386. The Morgan fingerprint density at radius 2 is 2.07 bits per heavy atom. The number of halogens is 4. The molecule has 0 amide bonds. The summed E-state index contributed by atoms with van der Waals surface area (Å²) in [7, 11) is 1.64. The molecule has 1 fully saturated rings. The van der Waals surface area contributed by atoms with Crippen molar-refractivity contribution in [3.8, 4) is 0 Å². The molecule has 1 aliphatic rings. The molecule has 0 spiro atoms. The predicted octanol–water partition coefficient (Wildman–Crippen LogP) is 3.66. The molecular weight excluding hydrogens is 472 g/mol. The predicted molar refractivity (Wildman–Crippen MR) is 111 cm³/mol. The maximum absolute atomic E-state index is 12.5. The second-order valence-electron chi connectivity index (χ2n) is 6.55. The average molecular weight is 496 g/mol. The van der Waals surface area contributed by atoms with Gasteiger partial charge in [-0.2, -0.15) is 13.2 Å². The van der Waals surface area contributed by atoms with Crippen molar-refractivity contribution in [3.63, 3.8) is 0 Å². The van der Waals surface area contributed by atoms with Crippen molar-refractivity contribution < 1.29 is 17.6 Å². The molecule has 150 valence electrons. The smallest absolute Gasteiger partial charge is 0.401 e. The normalized spacial score (nSPS) is 18.6. The SMILES string of the molecule is CN=C(NCc1oc2ccccc2c1C)NC1CCN(CC(F)(F)F)C1.I. The fraction of sp³-hybridized carbons (Fsp3) is 0.500. The third-order valence-corrected chi connectivity index (χ3v) is 4.60. The van der Waals surface area contributed by atoms with E-state index in [1.807, 2.05) is 31.2 Å². The minimum atomic E-state index is -4.16. The van der Waals surface area contributed by atoms with Crippen molar-refractivity contribution >= 4 is 40.9 Å². The molecular formula is C18H24F3IN4O. The molecule has 1 aromatic heterocycles. The van der Waals surface area contributed by atoms with Crippen LogP contribution in [0.3, 0.4) is 0 Å². The molecule has 3 rings (SSSR count). The molecule has 2 aromatic rings. The van der Waals surface area contributed by atoms with Crippen molar-refractivity contribution in [3.05, 3.63) is 35.6 Å². The van der Waals surface area contributed by atoms with Gasteiger partial charge in [0.05, 0.1) is 13.1 Å². The van der Waals surface area contributed by atoms with E-state index in [9.17, 15) is 13.2 Å². The van der Waals surface area contributed by atoms with E-state index in [0.717, 1.165) is 22.3 Å². The molecule has 0 radical (unpaired) electrons. The van der Waals surface area contributed by atoms with E-state index in [2.05, 4.69) is 15.6 Å². The number of guanidine groups is 1. The van der Waals surface area contributed by atoms with E-state index in [1.54, 1.807) is 7.05 Å². The summed E-state index contributed by atoms with van der Waals surface area (Å²) in [6, 6.07) is 7.77. The van der Waals surface area contributed by atoms with E-state index in [1.165, 1.54) is 4.90 Å². The topological polar surface area (TPSA) is 52.8 Å². The van der Waals surface area contributed by atoms with Gasteiger partial charge in [0.1, 0.15) is 11.3 Å². The maximum atomic E-state index is 12.5. The summed E-state index contributed by atoms with van der Waals surface area (Å²) in [6.45, 7) is 2.38. The van der Waals surface area contributed by atoms with Gasteiger partial charge in [-0.25, -0.2) is 0 Å². The molecule has 2 heterocycles. The van der Waals surface area contributed by atoms with Gasteiger partial charge in [0.25, 0.3) is 0 Å². The molecule has 5 nitrogen and oxygen atoms in total. The first-order valence-corrected chi connectivity index (χ1v) is 8.59. The van der Waals surface area contributed by atoms with Crippen LogP contribution in [0.4, 0.5) is 13.2 Å². The molecule has 1 atom stereocenters. The lowest BCUT2D eigenvalue weighted by Gasteiger charge is -2.19. The van der Waals surface area contributed by atoms with Crippen LogP contribution in [0.1, 0.15) is 17.7 Å². The van der Waals surface area contributed by atoms with Gasteiger partial charge in [0.2, 0.25) is 0 Å². The van der Waals surface area contributed by atoms with Crippen molar-refractivity contribution in [2.24, 2.45) is 4.99 Å². The van der Waals surface area contributed by atoms with Crippen LogP contribution in [-0.4, -0.2) is 49.8 Å². The number of likely N-dealkylation sites (tertiary alicyclic amines) is 1. The van der Waals surface area contributed by atoms with E-state index in [4.69, 9.17) is 4.42 Å². The van der Waals surface area contributed by atoms with Crippen LogP contribution in [0.5, 0.6) is 0 Å². The van der Waals surface area contributed by atoms with Crippen molar-refractivity contribution in [2.45, 2.75) is 32.1 Å². The third kappa shape index (κ3) is 5.74.